The first-order valence-electron chi connectivity index (χ1n) is 3.56. The van der Waals surface area contributed by atoms with Crippen molar-refractivity contribution >= 4 is 0 Å². The summed E-state index contributed by atoms with van der Waals surface area (Å²) in [6, 6.07) is 0. The van der Waals surface area contributed by atoms with Crippen molar-refractivity contribution in [2.45, 2.75) is 6.54 Å². The summed E-state index contributed by atoms with van der Waals surface area (Å²) in [7, 11) is 1.91. The molecule has 62 valence electrons. The summed E-state index contributed by atoms with van der Waals surface area (Å²) in [4.78, 5) is 4.07. The molecule has 1 aromatic heterocycles. The Morgan fingerprint density at radius 2 is 2.55 bits per heavy atom. The van der Waals surface area contributed by atoms with E-state index in [0.29, 0.717) is 13.1 Å². The topological polar surface area (TPSA) is 29.9 Å². The van der Waals surface area contributed by atoms with Crippen LogP contribution in [0, 0.1) is 0 Å². The highest BCUT2D eigenvalue weighted by molar-refractivity contribution is 4.95. The van der Waals surface area contributed by atoms with Crippen LogP contribution in [-0.4, -0.2) is 22.8 Å². The van der Waals surface area contributed by atoms with Crippen molar-refractivity contribution < 1.29 is 4.39 Å². The van der Waals surface area contributed by atoms with Gasteiger partial charge in [-0.25, -0.2) is 9.37 Å². The number of aromatic nitrogens is 2. The molecule has 0 fully saturated rings. The number of alkyl halides is 1. The molecule has 1 rings (SSSR count). The summed E-state index contributed by atoms with van der Waals surface area (Å²) >= 11 is 0. The molecule has 1 heterocycles. The number of aryl methyl sites for hydroxylation is 1. The first kappa shape index (κ1) is 8.20. The van der Waals surface area contributed by atoms with Crippen LogP contribution < -0.4 is 5.32 Å². The predicted molar refractivity (Wildman–Crippen MR) is 40.9 cm³/mol. The SMILES string of the molecule is Cn1cnc(CNCCF)c1. The molecule has 4 heteroatoms. The highest BCUT2D eigenvalue weighted by Crippen LogP contribution is 1.91. The maximum atomic E-state index is 11.6. The zero-order valence-electron chi connectivity index (χ0n) is 6.55. The van der Waals surface area contributed by atoms with E-state index in [1.165, 1.54) is 0 Å². The molecule has 0 radical (unpaired) electrons. The highest BCUT2D eigenvalue weighted by atomic mass is 19.1. The highest BCUT2D eigenvalue weighted by Gasteiger charge is 1.93. The minimum Gasteiger partial charge on any atom is -0.340 e. The fourth-order valence-corrected chi connectivity index (χ4v) is 0.842. The second-order valence-corrected chi connectivity index (χ2v) is 2.40. The molecule has 0 aromatic carbocycles. The number of halogens is 1. The van der Waals surface area contributed by atoms with Gasteiger partial charge in [0.2, 0.25) is 0 Å². The van der Waals surface area contributed by atoms with Crippen molar-refractivity contribution in [2.24, 2.45) is 7.05 Å². The van der Waals surface area contributed by atoms with Crippen LogP contribution >= 0.6 is 0 Å². The maximum Gasteiger partial charge on any atom is 0.102 e. The molecule has 0 spiro atoms. The summed E-state index contributed by atoms with van der Waals surface area (Å²) in [6.07, 6.45) is 3.64. The Balaban J connectivity index is 2.27. The maximum absolute atomic E-state index is 11.6. The van der Waals surface area contributed by atoms with E-state index >= 15 is 0 Å². The van der Waals surface area contributed by atoms with Gasteiger partial charge in [0, 0.05) is 26.3 Å². The Morgan fingerprint density at radius 1 is 1.73 bits per heavy atom. The molecule has 11 heavy (non-hydrogen) atoms. The summed E-state index contributed by atoms with van der Waals surface area (Å²) < 4.78 is 13.5. The van der Waals surface area contributed by atoms with E-state index in [2.05, 4.69) is 10.3 Å². The second-order valence-electron chi connectivity index (χ2n) is 2.40. The van der Waals surface area contributed by atoms with E-state index in [4.69, 9.17) is 0 Å². The third-order valence-electron chi connectivity index (χ3n) is 1.34. The van der Waals surface area contributed by atoms with Crippen molar-refractivity contribution in [3.05, 3.63) is 18.2 Å². The molecule has 1 aromatic rings. The Bertz CT molecular complexity index is 209. The normalized spacial score (nSPS) is 10.4. The largest absolute Gasteiger partial charge is 0.340 e. The minimum atomic E-state index is -0.327. The Hall–Kier alpha value is -0.900. The molecule has 3 nitrogen and oxygen atoms in total. The molecule has 0 aliphatic rings. The lowest BCUT2D eigenvalue weighted by molar-refractivity contribution is 0.466. The fourth-order valence-electron chi connectivity index (χ4n) is 0.842. The van der Waals surface area contributed by atoms with Gasteiger partial charge in [0.15, 0.2) is 0 Å². The van der Waals surface area contributed by atoms with Crippen molar-refractivity contribution in [3.8, 4) is 0 Å². The fraction of sp³-hybridized carbons (Fsp3) is 0.571. The smallest absolute Gasteiger partial charge is 0.102 e. The number of nitrogens with one attached hydrogen (secondary N) is 1. The van der Waals surface area contributed by atoms with E-state index < -0.39 is 0 Å². The quantitative estimate of drug-likeness (QED) is 0.644. The van der Waals surface area contributed by atoms with Gasteiger partial charge >= 0.3 is 0 Å². The Labute approximate surface area is 65.2 Å². The molecule has 0 unspecified atom stereocenters. The average Bonchev–Trinajstić information content (AvgIpc) is 2.37. The van der Waals surface area contributed by atoms with Gasteiger partial charge in [-0.15, -0.1) is 0 Å². The number of imidazole rings is 1. The zero-order valence-corrected chi connectivity index (χ0v) is 6.55. The molecule has 0 aliphatic carbocycles. The molecule has 0 bridgehead atoms. The van der Waals surface area contributed by atoms with E-state index in [0.717, 1.165) is 5.69 Å². The predicted octanol–water partition coefficient (Wildman–Crippen LogP) is 0.479. The standard InChI is InChI=1S/C7H12FN3/c1-11-5-7(10-6-11)4-9-3-2-8/h5-6,9H,2-4H2,1H3. The van der Waals surface area contributed by atoms with E-state index in [9.17, 15) is 4.39 Å². The van der Waals surface area contributed by atoms with E-state index in [1.54, 1.807) is 6.33 Å². The van der Waals surface area contributed by atoms with Crippen LogP contribution in [0.25, 0.3) is 0 Å². The number of nitrogens with zero attached hydrogens (tertiary/aromatic N) is 2. The van der Waals surface area contributed by atoms with Crippen LogP contribution in [0.4, 0.5) is 4.39 Å². The number of hydrogen-bond acceptors (Lipinski definition) is 2. The van der Waals surface area contributed by atoms with Crippen LogP contribution in [0.15, 0.2) is 12.5 Å². The second kappa shape index (κ2) is 4.08. The zero-order chi connectivity index (χ0) is 8.10. The van der Waals surface area contributed by atoms with Crippen molar-refractivity contribution in [3.63, 3.8) is 0 Å². The van der Waals surface area contributed by atoms with Gasteiger partial charge in [-0.1, -0.05) is 0 Å². The van der Waals surface area contributed by atoms with Gasteiger partial charge in [-0.2, -0.15) is 0 Å². The van der Waals surface area contributed by atoms with Gasteiger partial charge in [0.1, 0.15) is 6.67 Å². The molecule has 0 amide bonds. The van der Waals surface area contributed by atoms with E-state index in [-0.39, 0.29) is 6.67 Å². The van der Waals surface area contributed by atoms with Gasteiger partial charge < -0.3 is 9.88 Å². The van der Waals surface area contributed by atoms with Crippen LogP contribution in [-0.2, 0) is 13.6 Å². The lowest BCUT2D eigenvalue weighted by Crippen LogP contribution is -2.16. The molecule has 1 N–H and O–H groups in total. The summed E-state index contributed by atoms with van der Waals surface area (Å²) in [6.45, 7) is 0.716. The van der Waals surface area contributed by atoms with Crippen LogP contribution in [0.3, 0.4) is 0 Å². The van der Waals surface area contributed by atoms with Crippen LogP contribution in [0.1, 0.15) is 5.69 Å². The summed E-state index contributed by atoms with van der Waals surface area (Å²) in [5.41, 5.74) is 0.945. The Kier molecular flexibility index (Phi) is 3.04. The van der Waals surface area contributed by atoms with Gasteiger partial charge in [-0.05, 0) is 0 Å². The van der Waals surface area contributed by atoms with Crippen molar-refractivity contribution in [1.82, 2.24) is 14.9 Å². The number of rotatable bonds is 4. The molecule has 0 saturated heterocycles. The van der Waals surface area contributed by atoms with Crippen molar-refractivity contribution in [1.29, 1.82) is 0 Å². The summed E-state index contributed by atoms with van der Waals surface area (Å²) in [5, 5.41) is 2.91. The average molecular weight is 157 g/mol. The lowest BCUT2D eigenvalue weighted by atomic mass is 10.5. The lowest BCUT2D eigenvalue weighted by Gasteiger charge is -1.96. The monoisotopic (exact) mass is 157 g/mol. The Morgan fingerprint density at radius 3 is 3.09 bits per heavy atom. The molecular weight excluding hydrogens is 145 g/mol. The molecule has 0 saturated carbocycles. The molecule has 0 aliphatic heterocycles. The van der Waals surface area contributed by atoms with Crippen LogP contribution in [0.5, 0.6) is 0 Å². The van der Waals surface area contributed by atoms with Crippen LogP contribution in [0.2, 0.25) is 0 Å². The number of hydrogen-bond donors (Lipinski definition) is 1. The van der Waals surface area contributed by atoms with Gasteiger partial charge in [0.05, 0.1) is 12.0 Å². The first-order valence-corrected chi connectivity index (χ1v) is 3.56. The van der Waals surface area contributed by atoms with Gasteiger partial charge in [-0.3, -0.25) is 0 Å². The summed E-state index contributed by atoms with van der Waals surface area (Å²) in [5.74, 6) is 0. The van der Waals surface area contributed by atoms with Gasteiger partial charge in [0.25, 0.3) is 0 Å². The molecular formula is C7H12FN3. The minimum absolute atomic E-state index is 0.327. The van der Waals surface area contributed by atoms with Crippen molar-refractivity contribution in [2.75, 3.05) is 13.2 Å². The molecule has 0 atom stereocenters. The van der Waals surface area contributed by atoms with E-state index in [1.807, 2.05) is 17.8 Å². The first-order chi connectivity index (χ1) is 5.33. The third-order valence-corrected chi connectivity index (χ3v) is 1.34. The third kappa shape index (κ3) is 2.67.